The molecule has 0 spiro atoms. The summed E-state index contributed by atoms with van der Waals surface area (Å²) in [4.78, 5) is 2.12. The summed E-state index contributed by atoms with van der Waals surface area (Å²) >= 11 is 0. The molecule has 0 aliphatic heterocycles. The predicted molar refractivity (Wildman–Crippen MR) is 74.4 cm³/mol. The number of rotatable bonds is 7. The third-order valence-corrected chi connectivity index (χ3v) is 4.52. The first-order chi connectivity index (χ1) is 8.69. The van der Waals surface area contributed by atoms with Gasteiger partial charge in [0.25, 0.3) is 10.0 Å². The molecule has 1 aromatic heterocycles. The Kier molecular flexibility index (Phi) is 5.14. The zero-order valence-electron chi connectivity index (χ0n) is 12.1. The third kappa shape index (κ3) is 4.31. The second kappa shape index (κ2) is 6.04. The van der Waals surface area contributed by atoms with Crippen molar-refractivity contribution in [1.29, 1.82) is 0 Å². The molecule has 6 nitrogen and oxygen atoms in total. The monoisotopic (exact) mass is 289 g/mol. The second-order valence-corrected chi connectivity index (χ2v) is 7.06. The highest BCUT2D eigenvalue weighted by molar-refractivity contribution is 7.89. The average Bonchev–Trinajstić information content (AvgIpc) is 2.78. The second-order valence-electron chi connectivity index (χ2n) is 5.24. The number of hydrogen-bond donors (Lipinski definition) is 2. The van der Waals surface area contributed by atoms with E-state index in [0.717, 1.165) is 6.54 Å². The lowest BCUT2D eigenvalue weighted by Crippen LogP contribution is -2.46. The van der Waals surface area contributed by atoms with Crippen LogP contribution in [0.3, 0.4) is 0 Å². The number of furan rings is 1. The summed E-state index contributed by atoms with van der Waals surface area (Å²) in [7, 11) is 1.90. The molecule has 0 amide bonds. The van der Waals surface area contributed by atoms with Gasteiger partial charge in [0.2, 0.25) is 5.09 Å². The van der Waals surface area contributed by atoms with Crippen molar-refractivity contribution in [2.45, 2.75) is 31.0 Å². The number of nitrogens with zero attached hydrogens (tertiary/aromatic N) is 1. The van der Waals surface area contributed by atoms with E-state index in [1.807, 2.05) is 14.1 Å². The molecule has 0 atom stereocenters. The molecule has 1 heterocycles. The molecule has 0 aromatic carbocycles. The molecule has 19 heavy (non-hydrogen) atoms. The molecular weight excluding hydrogens is 266 g/mol. The summed E-state index contributed by atoms with van der Waals surface area (Å²) in [6, 6.07) is 3.12. The van der Waals surface area contributed by atoms with E-state index in [1.54, 1.807) is 6.07 Å². The van der Waals surface area contributed by atoms with Crippen LogP contribution in [0.4, 0.5) is 0 Å². The molecule has 0 bridgehead atoms. The van der Waals surface area contributed by atoms with Crippen LogP contribution < -0.4 is 10.0 Å². The molecule has 0 saturated heterocycles. The van der Waals surface area contributed by atoms with Gasteiger partial charge in [-0.15, -0.1) is 0 Å². The van der Waals surface area contributed by atoms with Crippen molar-refractivity contribution >= 4 is 10.0 Å². The fourth-order valence-corrected chi connectivity index (χ4v) is 2.01. The van der Waals surface area contributed by atoms with Crippen molar-refractivity contribution in [3.8, 4) is 0 Å². The standard InChI is InChI=1S/C12H23N3O3S/c1-12(2,15(4)5)9-14-8-10-6-7-11(18-10)19(16,17)13-3/h6-7,13-14H,8-9H2,1-5H3. The van der Waals surface area contributed by atoms with Gasteiger partial charge in [-0.05, 0) is 47.1 Å². The Bertz CT molecular complexity index is 506. The first-order valence-corrected chi connectivity index (χ1v) is 7.58. The average molecular weight is 289 g/mol. The van der Waals surface area contributed by atoms with E-state index in [0.29, 0.717) is 12.3 Å². The lowest BCUT2D eigenvalue weighted by Gasteiger charge is -2.32. The number of likely N-dealkylation sites (N-methyl/N-ethyl adjacent to an activating group) is 1. The zero-order valence-corrected chi connectivity index (χ0v) is 13.0. The summed E-state index contributed by atoms with van der Waals surface area (Å²) in [5.41, 5.74) is 0.0203. The van der Waals surface area contributed by atoms with Gasteiger partial charge in [-0.1, -0.05) is 0 Å². The third-order valence-electron chi connectivity index (χ3n) is 3.24. The molecule has 2 N–H and O–H groups in total. The Hall–Kier alpha value is -0.890. The van der Waals surface area contributed by atoms with Crippen LogP contribution in [-0.2, 0) is 16.6 Å². The van der Waals surface area contributed by atoms with E-state index in [-0.39, 0.29) is 10.6 Å². The van der Waals surface area contributed by atoms with Gasteiger partial charge in [0.1, 0.15) is 5.76 Å². The van der Waals surface area contributed by atoms with Crippen molar-refractivity contribution in [3.63, 3.8) is 0 Å². The van der Waals surface area contributed by atoms with Gasteiger partial charge in [-0.25, -0.2) is 13.1 Å². The van der Waals surface area contributed by atoms with Crippen LogP contribution in [0.15, 0.2) is 21.6 Å². The molecule has 110 valence electrons. The predicted octanol–water partition coefficient (Wildman–Crippen LogP) is 0.618. The largest absolute Gasteiger partial charge is 0.447 e. The molecule has 1 aromatic rings. The lowest BCUT2D eigenvalue weighted by molar-refractivity contribution is 0.188. The van der Waals surface area contributed by atoms with Crippen LogP contribution in [-0.4, -0.2) is 46.5 Å². The van der Waals surface area contributed by atoms with Gasteiger partial charge in [-0.3, -0.25) is 0 Å². The minimum Gasteiger partial charge on any atom is -0.447 e. The molecule has 1 rings (SSSR count). The van der Waals surface area contributed by atoms with Crippen LogP contribution >= 0.6 is 0 Å². The van der Waals surface area contributed by atoms with Crippen molar-refractivity contribution in [3.05, 3.63) is 17.9 Å². The number of nitrogens with one attached hydrogen (secondary N) is 2. The normalized spacial score (nSPS) is 13.2. The van der Waals surface area contributed by atoms with Gasteiger partial charge in [0.05, 0.1) is 6.54 Å². The summed E-state index contributed by atoms with van der Waals surface area (Å²) in [6.45, 7) is 5.52. The van der Waals surface area contributed by atoms with Crippen LogP contribution in [0.1, 0.15) is 19.6 Å². The van der Waals surface area contributed by atoms with E-state index in [2.05, 4.69) is 28.8 Å². The van der Waals surface area contributed by atoms with Crippen LogP contribution in [0.5, 0.6) is 0 Å². The maximum absolute atomic E-state index is 11.5. The Morgan fingerprint density at radius 1 is 1.32 bits per heavy atom. The van der Waals surface area contributed by atoms with Crippen molar-refractivity contribution in [1.82, 2.24) is 14.9 Å². The summed E-state index contributed by atoms with van der Waals surface area (Å²) < 4.78 is 30.5. The Morgan fingerprint density at radius 3 is 2.47 bits per heavy atom. The Labute approximate surface area is 115 Å². The minimum absolute atomic E-state index is 0.0203. The van der Waals surface area contributed by atoms with Gasteiger partial charge in [0, 0.05) is 12.1 Å². The first-order valence-electron chi connectivity index (χ1n) is 6.09. The summed E-state index contributed by atoms with van der Waals surface area (Å²) in [5, 5.41) is 3.20. The van der Waals surface area contributed by atoms with Crippen LogP contribution in [0, 0.1) is 0 Å². The fraction of sp³-hybridized carbons (Fsp3) is 0.667. The highest BCUT2D eigenvalue weighted by Crippen LogP contribution is 2.14. The van der Waals surface area contributed by atoms with Crippen molar-refractivity contribution in [2.75, 3.05) is 27.7 Å². The topological polar surface area (TPSA) is 74.6 Å². The van der Waals surface area contributed by atoms with E-state index in [4.69, 9.17) is 4.42 Å². The summed E-state index contributed by atoms with van der Waals surface area (Å²) in [6.07, 6.45) is 0. The zero-order chi connectivity index (χ0) is 14.7. The Balaban J connectivity index is 2.57. The highest BCUT2D eigenvalue weighted by Gasteiger charge is 2.20. The first kappa shape index (κ1) is 16.2. The van der Waals surface area contributed by atoms with Crippen LogP contribution in [0.2, 0.25) is 0 Å². The van der Waals surface area contributed by atoms with Crippen molar-refractivity contribution < 1.29 is 12.8 Å². The molecule has 7 heteroatoms. The molecule has 0 aliphatic carbocycles. The smallest absolute Gasteiger partial charge is 0.273 e. The van der Waals surface area contributed by atoms with Gasteiger partial charge < -0.3 is 14.6 Å². The van der Waals surface area contributed by atoms with E-state index in [1.165, 1.54) is 13.1 Å². The van der Waals surface area contributed by atoms with E-state index >= 15 is 0 Å². The minimum atomic E-state index is -3.50. The number of sulfonamides is 1. The number of hydrogen-bond acceptors (Lipinski definition) is 5. The SMILES string of the molecule is CNS(=O)(=O)c1ccc(CNCC(C)(C)N(C)C)o1. The maximum Gasteiger partial charge on any atom is 0.273 e. The molecule has 0 aliphatic rings. The fourth-order valence-electron chi connectivity index (χ4n) is 1.35. The lowest BCUT2D eigenvalue weighted by atomic mass is 10.0. The van der Waals surface area contributed by atoms with Gasteiger partial charge >= 0.3 is 0 Å². The van der Waals surface area contributed by atoms with E-state index in [9.17, 15) is 8.42 Å². The molecular formula is C12H23N3O3S. The molecule has 0 fully saturated rings. The van der Waals surface area contributed by atoms with Crippen molar-refractivity contribution in [2.24, 2.45) is 0 Å². The molecule has 0 radical (unpaired) electrons. The van der Waals surface area contributed by atoms with E-state index < -0.39 is 10.0 Å². The maximum atomic E-state index is 11.5. The quantitative estimate of drug-likeness (QED) is 0.769. The van der Waals surface area contributed by atoms with Crippen LogP contribution in [0.25, 0.3) is 0 Å². The Morgan fingerprint density at radius 2 is 1.95 bits per heavy atom. The molecule has 0 saturated carbocycles. The van der Waals surface area contributed by atoms with Gasteiger partial charge in [-0.2, -0.15) is 0 Å². The molecule has 0 unspecified atom stereocenters. The summed E-state index contributed by atoms with van der Waals surface area (Å²) in [5.74, 6) is 0.600. The van der Waals surface area contributed by atoms with Gasteiger partial charge in [0.15, 0.2) is 0 Å². The highest BCUT2D eigenvalue weighted by atomic mass is 32.2.